The molecule has 26 heavy (non-hydrogen) atoms. The molecule has 0 amide bonds. The van der Waals surface area contributed by atoms with Crippen molar-refractivity contribution in [3.8, 4) is 0 Å². The Balaban J connectivity index is 1.71. The maximum Gasteiger partial charge on any atom is 0.0666 e. The van der Waals surface area contributed by atoms with E-state index in [0.717, 1.165) is 0 Å². The Labute approximate surface area is 154 Å². The van der Waals surface area contributed by atoms with Crippen LogP contribution in [-0.2, 0) is 0 Å². The van der Waals surface area contributed by atoms with Crippen molar-refractivity contribution in [2.45, 2.75) is 12.0 Å². The molecule has 0 heterocycles. The summed E-state index contributed by atoms with van der Waals surface area (Å²) in [6.45, 7) is 0. The highest BCUT2D eigenvalue weighted by atomic mass is 15.2. The zero-order chi connectivity index (χ0) is 17.3. The lowest BCUT2D eigenvalue weighted by Gasteiger charge is -2.36. The summed E-state index contributed by atoms with van der Waals surface area (Å²) < 4.78 is 0. The summed E-state index contributed by atoms with van der Waals surface area (Å²) in [5, 5.41) is 0. The molecule has 3 aromatic rings. The highest BCUT2D eigenvalue weighted by Crippen LogP contribution is 2.53. The van der Waals surface area contributed by atoms with Crippen LogP contribution < -0.4 is 4.90 Å². The maximum atomic E-state index is 2.51. The molecule has 5 rings (SSSR count). The number of fused-ring (bicyclic) bond motifs is 3. The molecule has 0 spiro atoms. The van der Waals surface area contributed by atoms with E-state index in [1.165, 1.54) is 22.5 Å². The second-order valence-corrected chi connectivity index (χ2v) is 6.99. The molecule has 0 aliphatic heterocycles. The number of nitrogens with zero attached hydrogens (tertiary/aromatic N) is 1. The monoisotopic (exact) mass is 335 g/mol. The van der Waals surface area contributed by atoms with Crippen LogP contribution in [0.5, 0.6) is 0 Å². The van der Waals surface area contributed by atoms with Crippen LogP contribution in [-0.4, -0.2) is 0 Å². The lowest BCUT2D eigenvalue weighted by molar-refractivity contribution is 0.516. The molecule has 1 heteroatoms. The summed E-state index contributed by atoms with van der Waals surface area (Å²) in [6, 6.07) is 30.8. The van der Waals surface area contributed by atoms with Crippen LogP contribution >= 0.6 is 0 Å². The van der Waals surface area contributed by atoms with Crippen LogP contribution in [0.15, 0.2) is 109 Å². The van der Waals surface area contributed by atoms with Gasteiger partial charge in [-0.15, -0.1) is 0 Å². The second-order valence-electron chi connectivity index (χ2n) is 6.99. The van der Waals surface area contributed by atoms with Gasteiger partial charge in [0.15, 0.2) is 0 Å². The predicted molar refractivity (Wildman–Crippen MR) is 109 cm³/mol. The van der Waals surface area contributed by atoms with E-state index >= 15 is 0 Å². The molecule has 3 unspecified atom stereocenters. The Kier molecular flexibility index (Phi) is 3.71. The van der Waals surface area contributed by atoms with E-state index in [1.807, 2.05) is 0 Å². The van der Waals surface area contributed by atoms with Crippen molar-refractivity contribution in [1.82, 2.24) is 0 Å². The minimum atomic E-state index is 0.294. The minimum Gasteiger partial charge on any atom is -0.333 e. The number of hydrogen-bond acceptors (Lipinski definition) is 1. The van der Waals surface area contributed by atoms with Crippen molar-refractivity contribution >= 4 is 11.4 Å². The summed E-state index contributed by atoms with van der Waals surface area (Å²) >= 11 is 0. The van der Waals surface area contributed by atoms with Crippen LogP contribution in [0.2, 0.25) is 0 Å². The van der Waals surface area contributed by atoms with Gasteiger partial charge in [0, 0.05) is 23.2 Å². The van der Waals surface area contributed by atoms with Gasteiger partial charge in [-0.05, 0) is 35.4 Å². The van der Waals surface area contributed by atoms with Gasteiger partial charge < -0.3 is 4.90 Å². The molecule has 0 aromatic heterocycles. The van der Waals surface area contributed by atoms with Crippen molar-refractivity contribution in [2.24, 2.45) is 5.92 Å². The SMILES string of the molecule is C1=CC2c3ccccc3C(N(c3ccccc3)c3ccccc3)C2C=C1. The molecule has 0 saturated carbocycles. The molecule has 126 valence electrons. The molecule has 0 fully saturated rings. The summed E-state index contributed by atoms with van der Waals surface area (Å²) in [5.41, 5.74) is 5.37. The van der Waals surface area contributed by atoms with Crippen LogP contribution in [0, 0.1) is 5.92 Å². The Morgan fingerprint density at radius 1 is 0.538 bits per heavy atom. The first kappa shape index (κ1) is 15.2. The van der Waals surface area contributed by atoms with Gasteiger partial charge >= 0.3 is 0 Å². The number of benzene rings is 3. The lowest BCUT2D eigenvalue weighted by Crippen LogP contribution is -2.28. The fourth-order valence-electron chi connectivity index (χ4n) is 4.49. The minimum absolute atomic E-state index is 0.294. The zero-order valence-corrected chi connectivity index (χ0v) is 14.6. The van der Waals surface area contributed by atoms with Crippen molar-refractivity contribution in [3.05, 3.63) is 120 Å². The van der Waals surface area contributed by atoms with E-state index in [1.54, 1.807) is 0 Å². The van der Waals surface area contributed by atoms with E-state index in [2.05, 4.69) is 114 Å². The Hall–Kier alpha value is -3.06. The number of hydrogen-bond donors (Lipinski definition) is 0. The third-order valence-electron chi connectivity index (χ3n) is 5.56. The van der Waals surface area contributed by atoms with E-state index in [-0.39, 0.29) is 0 Å². The molecule has 3 atom stereocenters. The summed E-state index contributed by atoms with van der Waals surface area (Å²) in [4.78, 5) is 2.51. The van der Waals surface area contributed by atoms with Gasteiger partial charge in [0.05, 0.1) is 6.04 Å². The molecule has 2 aliphatic carbocycles. The quantitative estimate of drug-likeness (QED) is 0.535. The van der Waals surface area contributed by atoms with Gasteiger partial charge in [0.25, 0.3) is 0 Å². The molecule has 0 N–H and O–H groups in total. The van der Waals surface area contributed by atoms with Gasteiger partial charge in [-0.1, -0.05) is 85.0 Å². The van der Waals surface area contributed by atoms with Gasteiger partial charge in [0.2, 0.25) is 0 Å². The standard InChI is InChI=1S/C25H21N/c1-3-11-19(12-4-1)26(20-13-5-2-6-14-20)25-23-17-9-7-15-21(23)22-16-8-10-18-24(22)25/h1-18,21,23,25H. The van der Waals surface area contributed by atoms with Crippen molar-refractivity contribution in [2.75, 3.05) is 4.90 Å². The third-order valence-corrected chi connectivity index (χ3v) is 5.56. The number of para-hydroxylation sites is 2. The van der Waals surface area contributed by atoms with Gasteiger partial charge in [-0.3, -0.25) is 0 Å². The fraction of sp³-hybridized carbons (Fsp3) is 0.120. The maximum absolute atomic E-state index is 2.51. The third kappa shape index (κ3) is 2.40. The van der Waals surface area contributed by atoms with Crippen LogP contribution in [0.4, 0.5) is 11.4 Å². The van der Waals surface area contributed by atoms with E-state index in [4.69, 9.17) is 0 Å². The van der Waals surface area contributed by atoms with E-state index < -0.39 is 0 Å². The number of anilines is 2. The fourth-order valence-corrected chi connectivity index (χ4v) is 4.49. The normalized spacial score (nSPS) is 22.7. The summed E-state index contributed by atoms with van der Waals surface area (Å²) in [6.07, 6.45) is 9.13. The molecule has 0 radical (unpaired) electrons. The van der Waals surface area contributed by atoms with E-state index in [0.29, 0.717) is 17.9 Å². The van der Waals surface area contributed by atoms with Gasteiger partial charge in [0.1, 0.15) is 0 Å². The Bertz CT molecular complexity index is 916. The first-order chi connectivity index (χ1) is 12.9. The lowest BCUT2D eigenvalue weighted by atomic mass is 9.86. The highest BCUT2D eigenvalue weighted by Gasteiger charge is 2.42. The smallest absolute Gasteiger partial charge is 0.0666 e. The van der Waals surface area contributed by atoms with Gasteiger partial charge in [-0.2, -0.15) is 0 Å². The molecular weight excluding hydrogens is 314 g/mol. The average molecular weight is 335 g/mol. The van der Waals surface area contributed by atoms with Crippen molar-refractivity contribution in [3.63, 3.8) is 0 Å². The number of allylic oxidation sites excluding steroid dienone is 3. The Morgan fingerprint density at radius 3 is 1.73 bits per heavy atom. The van der Waals surface area contributed by atoms with Crippen molar-refractivity contribution in [1.29, 1.82) is 0 Å². The summed E-state index contributed by atoms with van der Waals surface area (Å²) in [5.74, 6) is 0.897. The average Bonchev–Trinajstić information content (AvgIpc) is 3.05. The molecule has 0 bridgehead atoms. The molecule has 1 nitrogen and oxygen atoms in total. The van der Waals surface area contributed by atoms with Crippen LogP contribution in [0.1, 0.15) is 23.1 Å². The summed E-state index contributed by atoms with van der Waals surface area (Å²) in [7, 11) is 0. The molecule has 0 saturated heterocycles. The van der Waals surface area contributed by atoms with Crippen LogP contribution in [0.25, 0.3) is 0 Å². The first-order valence-corrected chi connectivity index (χ1v) is 9.26. The van der Waals surface area contributed by atoms with Crippen molar-refractivity contribution < 1.29 is 0 Å². The van der Waals surface area contributed by atoms with Crippen LogP contribution in [0.3, 0.4) is 0 Å². The largest absolute Gasteiger partial charge is 0.333 e. The second kappa shape index (κ2) is 6.34. The molecule has 2 aliphatic rings. The van der Waals surface area contributed by atoms with E-state index in [9.17, 15) is 0 Å². The molecule has 3 aromatic carbocycles. The zero-order valence-electron chi connectivity index (χ0n) is 14.6. The first-order valence-electron chi connectivity index (χ1n) is 9.26. The highest BCUT2D eigenvalue weighted by molar-refractivity contribution is 5.67. The number of rotatable bonds is 3. The Morgan fingerprint density at radius 2 is 1.08 bits per heavy atom. The molecular formula is C25H21N. The topological polar surface area (TPSA) is 3.24 Å². The van der Waals surface area contributed by atoms with Gasteiger partial charge in [-0.25, -0.2) is 0 Å². The predicted octanol–water partition coefficient (Wildman–Crippen LogP) is 6.41.